The summed E-state index contributed by atoms with van der Waals surface area (Å²) in [7, 11) is 0. The number of nitro benzene ring substituents is 1. The zero-order chi connectivity index (χ0) is 16.2. The third-order valence-electron chi connectivity index (χ3n) is 3.92. The summed E-state index contributed by atoms with van der Waals surface area (Å²) in [6.45, 7) is 0. The molecule has 0 spiro atoms. The highest BCUT2D eigenvalue weighted by Crippen LogP contribution is 2.20. The van der Waals surface area contributed by atoms with E-state index in [9.17, 15) is 14.9 Å². The van der Waals surface area contributed by atoms with Crippen LogP contribution in [0.3, 0.4) is 0 Å². The van der Waals surface area contributed by atoms with E-state index in [1.165, 1.54) is 12.1 Å². The van der Waals surface area contributed by atoms with E-state index in [2.05, 4.69) is 20.5 Å². The molecule has 1 fully saturated rings. The summed E-state index contributed by atoms with van der Waals surface area (Å²) in [6, 6.07) is 6.25. The second kappa shape index (κ2) is 6.55. The molecule has 1 heterocycles. The predicted octanol–water partition coefficient (Wildman–Crippen LogP) is 1.98. The van der Waals surface area contributed by atoms with Gasteiger partial charge in [-0.05, 0) is 25.0 Å². The van der Waals surface area contributed by atoms with Gasteiger partial charge in [0.05, 0.1) is 11.3 Å². The molecule has 8 nitrogen and oxygen atoms in total. The Morgan fingerprint density at radius 3 is 2.65 bits per heavy atom. The molecule has 0 bridgehead atoms. The molecule has 8 heteroatoms. The molecule has 2 aromatic rings. The van der Waals surface area contributed by atoms with Crippen LogP contribution in [0.15, 0.2) is 24.3 Å². The minimum Gasteiger partial charge on any atom is -0.353 e. The molecule has 1 saturated carbocycles. The zero-order valence-electron chi connectivity index (χ0n) is 12.5. The third kappa shape index (κ3) is 3.71. The third-order valence-corrected chi connectivity index (χ3v) is 3.92. The van der Waals surface area contributed by atoms with Crippen LogP contribution in [0, 0.1) is 10.1 Å². The number of rotatable bonds is 5. The highest BCUT2D eigenvalue weighted by atomic mass is 16.6. The van der Waals surface area contributed by atoms with Crippen LogP contribution >= 0.6 is 0 Å². The number of H-pyrrole nitrogens is 1. The van der Waals surface area contributed by atoms with Crippen LogP contribution in [0.1, 0.15) is 31.5 Å². The number of hydrogen-bond donors (Lipinski definition) is 2. The van der Waals surface area contributed by atoms with Gasteiger partial charge in [0.25, 0.3) is 5.69 Å². The number of benzene rings is 1. The lowest BCUT2D eigenvalue weighted by atomic mass is 10.2. The largest absolute Gasteiger partial charge is 0.353 e. The summed E-state index contributed by atoms with van der Waals surface area (Å²) in [5, 5.41) is 20.4. The van der Waals surface area contributed by atoms with Gasteiger partial charge in [-0.1, -0.05) is 12.8 Å². The van der Waals surface area contributed by atoms with Gasteiger partial charge in [-0.15, -0.1) is 0 Å². The van der Waals surface area contributed by atoms with Crippen molar-refractivity contribution in [1.82, 2.24) is 20.5 Å². The lowest BCUT2D eigenvalue weighted by Gasteiger charge is -2.10. The maximum atomic E-state index is 12.0. The first-order valence-corrected chi connectivity index (χ1v) is 7.57. The van der Waals surface area contributed by atoms with Crippen LogP contribution in [-0.4, -0.2) is 32.1 Å². The summed E-state index contributed by atoms with van der Waals surface area (Å²) in [6.07, 6.45) is 4.55. The molecule has 2 N–H and O–H groups in total. The second-order valence-electron chi connectivity index (χ2n) is 5.64. The summed E-state index contributed by atoms with van der Waals surface area (Å²) in [5.74, 6) is 0.834. The average Bonchev–Trinajstić information content (AvgIpc) is 3.19. The molecule has 0 unspecified atom stereocenters. The van der Waals surface area contributed by atoms with Gasteiger partial charge in [-0.2, -0.15) is 5.10 Å². The number of hydrogen-bond acceptors (Lipinski definition) is 5. The SMILES string of the molecule is O=C(Cc1nc(-c2ccc([N+](=O)[O-])cc2)n[nH]1)NC1CCCC1. The predicted molar refractivity (Wildman–Crippen MR) is 82.6 cm³/mol. The van der Waals surface area contributed by atoms with E-state index >= 15 is 0 Å². The number of aromatic nitrogens is 3. The Bertz CT molecular complexity index is 704. The van der Waals surface area contributed by atoms with Crippen molar-refractivity contribution in [2.45, 2.75) is 38.1 Å². The van der Waals surface area contributed by atoms with Crippen molar-refractivity contribution in [3.05, 3.63) is 40.2 Å². The van der Waals surface area contributed by atoms with Gasteiger partial charge in [-0.3, -0.25) is 20.0 Å². The Labute approximate surface area is 132 Å². The molecule has 1 aliphatic rings. The Morgan fingerprint density at radius 2 is 2.00 bits per heavy atom. The van der Waals surface area contributed by atoms with Crippen molar-refractivity contribution in [3.8, 4) is 11.4 Å². The normalized spacial score (nSPS) is 14.8. The minimum atomic E-state index is -0.458. The molecule has 0 atom stereocenters. The van der Waals surface area contributed by atoms with E-state index in [-0.39, 0.29) is 24.1 Å². The summed E-state index contributed by atoms with van der Waals surface area (Å²) in [4.78, 5) is 26.4. The number of carbonyl (C=O) groups excluding carboxylic acids is 1. The number of nitrogens with zero attached hydrogens (tertiary/aromatic N) is 3. The lowest BCUT2D eigenvalue weighted by Crippen LogP contribution is -2.33. The molecule has 1 amide bonds. The number of carbonyl (C=O) groups is 1. The topological polar surface area (TPSA) is 114 Å². The van der Waals surface area contributed by atoms with Crippen molar-refractivity contribution >= 4 is 11.6 Å². The van der Waals surface area contributed by atoms with Gasteiger partial charge < -0.3 is 5.32 Å². The minimum absolute atomic E-state index is 0.0143. The van der Waals surface area contributed by atoms with Crippen LogP contribution in [0.25, 0.3) is 11.4 Å². The fourth-order valence-corrected chi connectivity index (χ4v) is 2.74. The Hall–Kier alpha value is -2.77. The van der Waals surface area contributed by atoms with E-state index in [1.54, 1.807) is 12.1 Å². The molecular weight excluding hydrogens is 298 g/mol. The molecule has 1 aromatic carbocycles. The number of nitrogens with one attached hydrogen (secondary N) is 2. The first-order valence-electron chi connectivity index (χ1n) is 7.57. The molecule has 1 aliphatic carbocycles. The van der Waals surface area contributed by atoms with E-state index in [1.807, 2.05) is 0 Å². The van der Waals surface area contributed by atoms with Crippen molar-refractivity contribution in [1.29, 1.82) is 0 Å². The van der Waals surface area contributed by atoms with Crippen LogP contribution < -0.4 is 5.32 Å². The highest BCUT2D eigenvalue weighted by Gasteiger charge is 2.18. The van der Waals surface area contributed by atoms with Crippen molar-refractivity contribution in [2.75, 3.05) is 0 Å². The summed E-state index contributed by atoms with van der Waals surface area (Å²) in [5.41, 5.74) is 0.676. The number of amides is 1. The monoisotopic (exact) mass is 315 g/mol. The molecule has 3 rings (SSSR count). The van der Waals surface area contributed by atoms with Crippen LogP contribution in [0.2, 0.25) is 0 Å². The standard InChI is InChI=1S/C15H17N5O3/c21-14(16-11-3-1-2-4-11)9-13-17-15(19-18-13)10-5-7-12(8-6-10)20(22)23/h5-8,11H,1-4,9H2,(H,16,21)(H,17,18,19). The van der Waals surface area contributed by atoms with Crippen LogP contribution in [0.4, 0.5) is 5.69 Å². The summed E-state index contributed by atoms with van der Waals surface area (Å²) < 4.78 is 0. The van der Waals surface area contributed by atoms with Gasteiger partial charge in [0.2, 0.25) is 5.91 Å². The van der Waals surface area contributed by atoms with Crippen molar-refractivity contribution < 1.29 is 9.72 Å². The molecule has 23 heavy (non-hydrogen) atoms. The number of non-ortho nitro benzene ring substituents is 1. The molecule has 0 radical (unpaired) electrons. The van der Waals surface area contributed by atoms with E-state index in [0.717, 1.165) is 25.7 Å². The van der Waals surface area contributed by atoms with Gasteiger partial charge in [0.1, 0.15) is 5.82 Å². The molecule has 0 aliphatic heterocycles. The fourth-order valence-electron chi connectivity index (χ4n) is 2.74. The summed E-state index contributed by atoms with van der Waals surface area (Å²) >= 11 is 0. The second-order valence-corrected chi connectivity index (χ2v) is 5.64. The average molecular weight is 315 g/mol. The number of nitro groups is 1. The van der Waals surface area contributed by atoms with Gasteiger partial charge in [-0.25, -0.2) is 4.98 Å². The Morgan fingerprint density at radius 1 is 1.30 bits per heavy atom. The first kappa shape index (κ1) is 15.1. The van der Waals surface area contributed by atoms with Crippen molar-refractivity contribution in [2.24, 2.45) is 0 Å². The highest BCUT2D eigenvalue weighted by molar-refractivity contribution is 5.78. The first-order chi connectivity index (χ1) is 11.1. The van der Waals surface area contributed by atoms with Crippen LogP contribution in [0.5, 0.6) is 0 Å². The molecule has 1 aromatic heterocycles. The number of aromatic amines is 1. The van der Waals surface area contributed by atoms with Crippen molar-refractivity contribution in [3.63, 3.8) is 0 Å². The van der Waals surface area contributed by atoms with Gasteiger partial charge in [0, 0.05) is 23.7 Å². The van der Waals surface area contributed by atoms with Gasteiger partial charge in [0.15, 0.2) is 5.82 Å². The molecule has 0 saturated heterocycles. The van der Waals surface area contributed by atoms with E-state index in [0.29, 0.717) is 17.2 Å². The smallest absolute Gasteiger partial charge is 0.269 e. The Balaban J connectivity index is 1.63. The molecule has 120 valence electrons. The fraction of sp³-hybridized carbons (Fsp3) is 0.400. The Kier molecular flexibility index (Phi) is 4.31. The van der Waals surface area contributed by atoms with Gasteiger partial charge >= 0.3 is 0 Å². The molecular formula is C15H17N5O3. The van der Waals surface area contributed by atoms with E-state index < -0.39 is 4.92 Å². The van der Waals surface area contributed by atoms with Crippen LogP contribution in [-0.2, 0) is 11.2 Å². The zero-order valence-corrected chi connectivity index (χ0v) is 12.5. The maximum absolute atomic E-state index is 12.0. The maximum Gasteiger partial charge on any atom is 0.269 e. The quantitative estimate of drug-likeness (QED) is 0.647. The van der Waals surface area contributed by atoms with E-state index in [4.69, 9.17) is 0 Å². The lowest BCUT2D eigenvalue weighted by molar-refractivity contribution is -0.384.